The third-order valence-corrected chi connectivity index (χ3v) is 3.11. The Balaban J connectivity index is 0.00000133. The molecule has 0 atom stereocenters. The fraction of sp³-hybridized carbons (Fsp3) is 0.231. The number of aromatic amines is 1. The molecule has 0 aliphatic heterocycles. The van der Waals surface area contributed by atoms with Gasteiger partial charge in [-0.15, -0.1) is 0 Å². The normalized spacial score (nSPS) is 11.5. The van der Waals surface area contributed by atoms with Gasteiger partial charge in [0.1, 0.15) is 5.82 Å². The lowest BCUT2D eigenvalue weighted by molar-refractivity contribution is 0.614. The summed E-state index contributed by atoms with van der Waals surface area (Å²) in [6, 6.07) is 4.98. The molecule has 0 saturated carbocycles. The van der Waals surface area contributed by atoms with Gasteiger partial charge in [0, 0.05) is 6.81 Å². The van der Waals surface area contributed by atoms with Gasteiger partial charge in [0.2, 0.25) is 0 Å². The van der Waals surface area contributed by atoms with Crippen LogP contribution in [-0.2, 0) is 6.42 Å². The Morgan fingerprint density at radius 3 is 2.94 bits per heavy atom. The van der Waals surface area contributed by atoms with Gasteiger partial charge < -0.3 is 4.98 Å². The van der Waals surface area contributed by atoms with E-state index in [1.165, 1.54) is 10.6 Å². The van der Waals surface area contributed by atoms with Gasteiger partial charge in [-0.25, -0.2) is 9.18 Å². The molecule has 0 unspecified atom stereocenters. The maximum absolute atomic E-state index is 13.7. The molecule has 1 aromatic carbocycles. The summed E-state index contributed by atoms with van der Waals surface area (Å²) < 4.78 is 15.0. The van der Waals surface area contributed by atoms with Crippen molar-refractivity contribution in [1.29, 1.82) is 0 Å². The van der Waals surface area contributed by atoms with Crippen molar-refractivity contribution < 1.29 is 5.82 Å². The summed E-state index contributed by atoms with van der Waals surface area (Å²) in [6.07, 6.45) is 0.611. The molecule has 1 N–H and O–H groups in total. The van der Waals surface area contributed by atoms with E-state index in [2.05, 4.69) is 10.1 Å². The molecule has 94 valence electrons. The fourth-order valence-electron chi connectivity index (χ4n) is 2.22. The first kappa shape index (κ1) is 11.0. The monoisotopic (exact) mass is 247 g/mol. The van der Waals surface area contributed by atoms with Gasteiger partial charge in [0.25, 0.3) is 0 Å². The Morgan fingerprint density at radius 2 is 2.22 bits per heavy atom. The molecule has 0 fully saturated rings. The number of halogens is 1. The highest BCUT2D eigenvalue weighted by molar-refractivity contribution is 5.93. The number of nitrogens with zero attached hydrogens (tertiary/aromatic N) is 2. The number of benzene rings is 1. The summed E-state index contributed by atoms with van der Waals surface area (Å²) in [5, 5.41) is 4.93. The topological polar surface area (TPSA) is 50.2 Å². The van der Waals surface area contributed by atoms with Crippen LogP contribution in [0.5, 0.6) is 0 Å². The Hall–Kier alpha value is -2.17. The SMILES string of the molecule is CCc1cc2c(cc1F)[nH]c(=O)n1nc(C)cc21.[HH]. The maximum Gasteiger partial charge on any atom is 0.347 e. The van der Waals surface area contributed by atoms with Crippen LogP contribution in [0.1, 0.15) is 19.6 Å². The highest BCUT2D eigenvalue weighted by atomic mass is 19.1. The second kappa shape index (κ2) is 3.66. The summed E-state index contributed by atoms with van der Waals surface area (Å²) in [7, 11) is 0. The van der Waals surface area contributed by atoms with Gasteiger partial charge in [0.05, 0.1) is 16.7 Å². The third kappa shape index (κ3) is 1.44. The first-order valence-corrected chi connectivity index (χ1v) is 5.81. The molecule has 3 rings (SSSR count). The van der Waals surface area contributed by atoms with E-state index in [1.54, 1.807) is 6.07 Å². The first-order chi connectivity index (χ1) is 8.60. The van der Waals surface area contributed by atoms with Crippen LogP contribution in [0.3, 0.4) is 0 Å². The first-order valence-electron chi connectivity index (χ1n) is 5.81. The van der Waals surface area contributed by atoms with Crippen molar-refractivity contribution in [2.24, 2.45) is 0 Å². The van der Waals surface area contributed by atoms with Crippen LogP contribution in [0.4, 0.5) is 4.39 Å². The summed E-state index contributed by atoms with van der Waals surface area (Å²) >= 11 is 0. The number of nitrogens with one attached hydrogen (secondary N) is 1. The summed E-state index contributed by atoms with van der Waals surface area (Å²) in [5.41, 5.74) is 2.25. The van der Waals surface area contributed by atoms with Crippen LogP contribution in [0.15, 0.2) is 23.0 Å². The van der Waals surface area contributed by atoms with E-state index in [1.807, 2.05) is 19.9 Å². The molecule has 5 heteroatoms. The molecule has 0 aliphatic rings. The second-order valence-electron chi connectivity index (χ2n) is 4.36. The number of H-pyrrole nitrogens is 1. The average molecular weight is 247 g/mol. The largest absolute Gasteiger partial charge is 0.347 e. The minimum Gasteiger partial charge on any atom is -0.305 e. The van der Waals surface area contributed by atoms with Crippen LogP contribution < -0.4 is 5.69 Å². The Bertz CT molecular complexity index is 822. The molecule has 4 nitrogen and oxygen atoms in total. The van der Waals surface area contributed by atoms with Gasteiger partial charge in [0.15, 0.2) is 0 Å². The van der Waals surface area contributed by atoms with Gasteiger partial charge in [-0.05, 0) is 37.1 Å². The number of aromatic nitrogens is 3. The zero-order chi connectivity index (χ0) is 12.9. The molecule has 0 spiro atoms. The number of hydrogen-bond donors (Lipinski definition) is 1. The number of hydrogen-bond acceptors (Lipinski definition) is 2. The van der Waals surface area contributed by atoms with Crippen LogP contribution in [-0.4, -0.2) is 14.6 Å². The van der Waals surface area contributed by atoms with Gasteiger partial charge in [-0.1, -0.05) is 6.92 Å². The van der Waals surface area contributed by atoms with Crippen molar-refractivity contribution in [2.75, 3.05) is 0 Å². The molecule has 0 saturated heterocycles. The highest BCUT2D eigenvalue weighted by Crippen LogP contribution is 2.21. The average Bonchev–Trinajstić information content (AvgIpc) is 2.71. The molecular formula is C13H14FN3O. The Labute approximate surface area is 104 Å². The molecule has 18 heavy (non-hydrogen) atoms. The minimum absolute atomic E-state index is 0. The quantitative estimate of drug-likeness (QED) is 0.718. The number of aryl methyl sites for hydroxylation is 2. The predicted molar refractivity (Wildman–Crippen MR) is 69.5 cm³/mol. The zero-order valence-corrected chi connectivity index (χ0v) is 10.1. The van der Waals surface area contributed by atoms with E-state index in [4.69, 9.17) is 0 Å². The van der Waals surface area contributed by atoms with Gasteiger partial charge >= 0.3 is 5.69 Å². The van der Waals surface area contributed by atoms with E-state index in [0.717, 1.165) is 11.1 Å². The predicted octanol–water partition coefficient (Wildman–Crippen LogP) is 2.43. The second-order valence-corrected chi connectivity index (χ2v) is 4.36. The van der Waals surface area contributed by atoms with E-state index in [-0.39, 0.29) is 12.9 Å². The van der Waals surface area contributed by atoms with Crippen molar-refractivity contribution in [3.05, 3.63) is 45.8 Å². The molecule has 2 heterocycles. The van der Waals surface area contributed by atoms with Crippen molar-refractivity contribution in [1.82, 2.24) is 14.6 Å². The molecular weight excluding hydrogens is 233 g/mol. The van der Waals surface area contributed by atoms with E-state index in [0.29, 0.717) is 23.0 Å². The number of fused-ring (bicyclic) bond motifs is 3. The molecule has 0 bridgehead atoms. The standard InChI is InChI=1S/C13H12FN3O.H2/c1-3-8-5-9-11(6-10(8)14)15-13(18)17-12(9)4-7(2)16-17;/h4-6H,3H2,1-2H3,(H,15,18);1H. The Morgan fingerprint density at radius 1 is 1.44 bits per heavy atom. The molecule has 3 aromatic rings. The summed E-state index contributed by atoms with van der Waals surface area (Å²) in [5.74, 6) is -0.291. The number of rotatable bonds is 1. The molecule has 0 amide bonds. The van der Waals surface area contributed by atoms with Crippen molar-refractivity contribution >= 4 is 16.4 Å². The van der Waals surface area contributed by atoms with E-state index < -0.39 is 0 Å². The van der Waals surface area contributed by atoms with Gasteiger partial charge in [-0.2, -0.15) is 9.61 Å². The van der Waals surface area contributed by atoms with Gasteiger partial charge in [-0.3, -0.25) is 0 Å². The smallest absolute Gasteiger partial charge is 0.305 e. The van der Waals surface area contributed by atoms with E-state index in [9.17, 15) is 9.18 Å². The van der Waals surface area contributed by atoms with Crippen LogP contribution in [0, 0.1) is 12.7 Å². The lowest BCUT2D eigenvalue weighted by atomic mass is 10.1. The van der Waals surface area contributed by atoms with Crippen LogP contribution in [0.2, 0.25) is 0 Å². The minimum atomic E-state index is -0.353. The van der Waals surface area contributed by atoms with Crippen molar-refractivity contribution in [3.8, 4) is 0 Å². The fourth-order valence-corrected chi connectivity index (χ4v) is 2.22. The summed E-state index contributed by atoms with van der Waals surface area (Å²) in [6.45, 7) is 3.72. The molecule has 0 aliphatic carbocycles. The maximum atomic E-state index is 13.7. The van der Waals surface area contributed by atoms with Crippen molar-refractivity contribution in [3.63, 3.8) is 0 Å². The Kier molecular flexibility index (Phi) is 2.23. The van der Waals surface area contributed by atoms with Crippen LogP contribution in [0.25, 0.3) is 16.4 Å². The summed E-state index contributed by atoms with van der Waals surface area (Å²) in [4.78, 5) is 14.4. The van der Waals surface area contributed by atoms with Crippen LogP contribution >= 0.6 is 0 Å². The zero-order valence-electron chi connectivity index (χ0n) is 10.1. The lowest BCUT2D eigenvalue weighted by Gasteiger charge is -2.04. The lowest BCUT2D eigenvalue weighted by Crippen LogP contribution is -2.17. The molecule has 0 radical (unpaired) electrons. The highest BCUT2D eigenvalue weighted by Gasteiger charge is 2.10. The van der Waals surface area contributed by atoms with Crippen molar-refractivity contribution in [2.45, 2.75) is 20.3 Å². The molecule has 2 aromatic heterocycles. The third-order valence-electron chi connectivity index (χ3n) is 3.11. The van der Waals surface area contributed by atoms with E-state index >= 15 is 0 Å².